The summed E-state index contributed by atoms with van der Waals surface area (Å²) >= 11 is 1.67. The first-order chi connectivity index (χ1) is 6.89. The maximum atomic E-state index is 11.7. The van der Waals surface area contributed by atoms with E-state index in [0.717, 1.165) is 17.7 Å². The quantitative estimate of drug-likeness (QED) is 0.716. The van der Waals surface area contributed by atoms with Crippen molar-refractivity contribution >= 4 is 17.2 Å². The number of hydrogen-bond donors (Lipinski definition) is 0. The molecule has 1 aliphatic carbocycles. The molecule has 2 nitrogen and oxygen atoms in total. The summed E-state index contributed by atoms with van der Waals surface area (Å²) in [5.74, 6) is 0.132. The summed E-state index contributed by atoms with van der Waals surface area (Å²) in [4.78, 5) is 15.7. The molecule has 1 aromatic heterocycles. The summed E-state index contributed by atoms with van der Waals surface area (Å²) in [5, 5.41) is 0. The number of fused-ring (bicyclic) bond motifs is 1. The van der Waals surface area contributed by atoms with Gasteiger partial charge in [-0.2, -0.15) is 0 Å². The highest BCUT2D eigenvalue weighted by molar-refractivity contribution is 7.14. The molecular formula is C12H17NOS. The van der Waals surface area contributed by atoms with Crippen LogP contribution in [0.5, 0.6) is 0 Å². The fourth-order valence-electron chi connectivity index (χ4n) is 2.10. The van der Waals surface area contributed by atoms with Gasteiger partial charge in [-0.05, 0) is 29.9 Å². The Bertz CT molecular complexity index is 378. The number of carbonyl (C=O) groups is 1. The fraction of sp³-hybridized carbons (Fsp3) is 0.583. The minimum atomic E-state index is 0.132. The predicted molar refractivity (Wildman–Crippen MR) is 63.5 cm³/mol. The minimum Gasteiger partial charge on any atom is -0.344 e. The molecule has 1 aromatic rings. The number of thiophene rings is 1. The van der Waals surface area contributed by atoms with Crippen molar-refractivity contribution in [2.45, 2.75) is 26.7 Å². The van der Waals surface area contributed by atoms with E-state index in [4.69, 9.17) is 0 Å². The largest absolute Gasteiger partial charge is 0.344 e. The third-order valence-electron chi connectivity index (χ3n) is 2.82. The molecule has 2 rings (SSSR count). The van der Waals surface area contributed by atoms with Crippen LogP contribution in [0, 0.1) is 5.41 Å². The first-order valence-electron chi connectivity index (χ1n) is 5.22. The van der Waals surface area contributed by atoms with Gasteiger partial charge in [0.1, 0.15) is 0 Å². The van der Waals surface area contributed by atoms with E-state index >= 15 is 0 Å². The molecule has 0 aromatic carbocycles. The lowest BCUT2D eigenvalue weighted by molar-refractivity contribution is 0.0832. The Balaban J connectivity index is 2.26. The Hall–Kier alpha value is -0.830. The van der Waals surface area contributed by atoms with E-state index in [1.807, 2.05) is 0 Å². The van der Waals surface area contributed by atoms with Gasteiger partial charge in [-0.3, -0.25) is 4.79 Å². The van der Waals surface area contributed by atoms with Gasteiger partial charge in [0, 0.05) is 19.0 Å². The maximum Gasteiger partial charge on any atom is 0.263 e. The molecule has 82 valence electrons. The van der Waals surface area contributed by atoms with Gasteiger partial charge in [-0.25, -0.2) is 0 Å². The first kappa shape index (κ1) is 10.7. The molecule has 0 bridgehead atoms. The van der Waals surface area contributed by atoms with Crippen LogP contribution in [0.3, 0.4) is 0 Å². The van der Waals surface area contributed by atoms with E-state index in [1.165, 1.54) is 10.4 Å². The highest BCUT2D eigenvalue weighted by Gasteiger charge is 2.31. The standard InChI is InChI=1S/C12H17NOS/c1-12(2)6-8-5-9(11(14)13(3)4)15-10(8)7-12/h5H,6-7H2,1-4H3. The van der Waals surface area contributed by atoms with Crippen molar-refractivity contribution < 1.29 is 4.79 Å². The van der Waals surface area contributed by atoms with Crippen molar-refractivity contribution in [3.05, 3.63) is 21.4 Å². The highest BCUT2D eigenvalue weighted by Crippen LogP contribution is 2.40. The van der Waals surface area contributed by atoms with Crippen molar-refractivity contribution in [1.82, 2.24) is 4.90 Å². The zero-order valence-corrected chi connectivity index (χ0v) is 10.6. The number of amides is 1. The monoisotopic (exact) mass is 223 g/mol. The zero-order valence-electron chi connectivity index (χ0n) is 9.76. The zero-order chi connectivity index (χ0) is 11.2. The molecule has 0 unspecified atom stereocenters. The molecule has 0 saturated heterocycles. The van der Waals surface area contributed by atoms with Crippen LogP contribution in [-0.2, 0) is 12.8 Å². The Morgan fingerprint density at radius 2 is 2.07 bits per heavy atom. The van der Waals surface area contributed by atoms with Crippen molar-refractivity contribution in [1.29, 1.82) is 0 Å². The van der Waals surface area contributed by atoms with Crippen molar-refractivity contribution in [2.75, 3.05) is 14.1 Å². The van der Waals surface area contributed by atoms with Gasteiger partial charge in [-0.1, -0.05) is 13.8 Å². The normalized spacial score (nSPS) is 17.6. The van der Waals surface area contributed by atoms with E-state index in [2.05, 4.69) is 19.9 Å². The SMILES string of the molecule is CN(C)C(=O)c1cc2c(s1)CC(C)(C)C2. The van der Waals surface area contributed by atoms with Crippen LogP contribution in [0.25, 0.3) is 0 Å². The third-order valence-corrected chi connectivity index (χ3v) is 3.99. The number of rotatable bonds is 1. The molecule has 0 saturated carbocycles. The highest BCUT2D eigenvalue weighted by atomic mass is 32.1. The smallest absolute Gasteiger partial charge is 0.263 e. The van der Waals surface area contributed by atoms with Crippen molar-refractivity contribution in [2.24, 2.45) is 5.41 Å². The van der Waals surface area contributed by atoms with E-state index in [-0.39, 0.29) is 5.91 Å². The van der Waals surface area contributed by atoms with Gasteiger partial charge < -0.3 is 4.90 Å². The second kappa shape index (κ2) is 3.34. The summed E-state index contributed by atoms with van der Waals surface area (Å²) in [7, 11) is 3.61. The molecule has 1 heterocycles. The van der Waals surface area contributed by atoms with E-state index in [9.17, 15) is 4.79 Å². The van der Waals surface area contributed by atoms with Crippen molar-refractivity contribution in [3.63, 3.8) is 0 Å². The van der Waals surface area contributed by atoms with Gasteiger partial charge in [0.05, 0.1) is 4.88 Å². The van der Waals surface area contributed by atoms with Crippen LogP contribution < -0.4 is 0 Å². The molecule has 0 radical (unpaired) electrons. The Labute approximate surface area is 94.9 Å². The van der Waals surface area contributed by atoms with Crippen LogP contribution in [0.1, 0.15) is 34.0 Å². The molecule has 3 heteroatoms. The van der Waals surface area contributed by atoms with Gasteiger partial charge >= 0.3 is 0 Å². The lowest BCUT2D eigenvalue weighted by Crippen LogP contribution is -2.20. The lowest BCUT2D eigenvalue weighted by atomic mass is 9.91. The second-order valence-electron chi connectivity index (χ2n) is 5.28. The Morgan fingerprint density at radius 1 is 1.40 bits per heavy atom. The van der Waals surface area contributed by atoms with Crippen LogP contribution >= 0.6 is 11.3 Å². The predicted octanol–water partition coefficient (Wildman–Crippen LogP) is 2.57. The molecule has 0 atom stereocenters. The van der Waals surface area contributed by atoms with Gasteiger partial charge in [0.15, 0.2) is 0 Å². The summed E-state index contributed by atoms with van der Waals surface area (Å²) in [6.07, 6.45) is 2.23. The topological polar surface area (TPSA) is 20.3 Å². The number of carbonyl (C=O) groups excluding carboxylic acids is 1. The molecule has 15 heavy (non-hydrogen) atoms. The summed E-state index contributed by atoms with van der Waals surface area (Å²) in [6.45, 7) is 4.57. The summed E-state index contributed by atoms with van der Waals surface area (Å²) in [6, 6.07) is 2.08. The van der Waals surface area contributed by atoms with Gasteiger partial charge in [0.2, 0.25) is 0 Å². The van der Waals surface area contributed by atoms with Crippen LogP contribution in [-0.4, -0.2) is 24.9 Å². The van der Waals surface area contributed by atoms with Crippen molar-refractivity contribution in [3.8, 4) is 0 Å². The second-order valence-corrected chi connectivity index (χ2v) is 6.41. The van der Waals surface area contributed by atoms with Gasteiger partial charge in [0.25, 0.3) is 5.91 Å². The number of hydrogen-bond acceptors (Lipinski definition) is 2. The lowest BCUT2D eigenvalue weighted by Gasteiger charge is -2.15. The first-order valence-corrected chi connectivity index (χ1v) is 6.04. The molecular weight excluding hydrogens is 206 g/mol. The summed E-state index contributed by atoms with van der Waals surface area (Å²) in [5.41, 5.74) is 1.77. The van der Waals surface area contributed by atoms with E-state index in [1.54, 1.807) is 30.3 Å². The Kier molecular flexibility index (Phi) is 2.38. The third kappa shape index (κ3) is 1.93. The van der Waals surface area contributed by atoms with E-state index < -0.39 is 0 Å². The van der Waals surface area contributed by atoms with E-state index in [0.29, 0.717) is 5.41 Å². The molecule has 0 spiro atoms. The van der Waals surface area contributed by atoms with Crippen LogP contribution in [0.2, 0.25) is 0 Å². The molecule has 0 fully saturated rings. The number of nitrogens with zero attached hydrogens (tertiary/aromatic N) is 1. The molecule has 1 amide bonds. The average Bonchev–Trinajstić information content (AvgIpc) is 2.55. The molecule has 1 aliphatic rings. The van der Waals surface area contributed by atoms with Gasteiger partial charge in [-0.15, -0.1) is 11.3 Å². The summed E-state index contributed by atoms with van der Waals surface area (Å²) < 4.78 is 0. The van der Waals surface area contributed by atoms with Crippen LogP contribution in [0.15, 0.2) is 6.07 Å². The minimum absolute atomic E-state index is 0.132. The fourth-order valence-corrected chi connectivity index (χ4v) is 3.57. The maximum absolute atomic E-state index is 11.7. The molecule has 0 N–H and O–H groups in total. The van der Waals surface area contributed by atoms with Crippen LogP contribution in [0.4, 0.5) is 0 Å². The average molecular weight is 223 g/mol. The Morgan fingerprint density at radius 3 is 2.60 bits per heavy atom. The molecule has 0 aliphatic heterocycles.